The van der Waals surface area contributed by atoms with Gasteiger partial charge in [-0.15, -0.1) is 0 Å². The average molecular weight is 301 g/mol. The molecule has 0 saturated carbocycles. The van der Waals surface area contributed by atoms with Crippen molar-refractivity contribution < 1.29 is 9.53 Å². The maximum atomic E-state index is 12.2. The molecule has 1 N–H and O–H groups in total. The summed E-state index contributed by atoms with van der Waals surface area (Å²) in [6.45, 7) is 5.89. The number of rotatable bonds is 6. The third-order valence-electron chi connectivity index (χ3n) is 3.80. The number of benzene rings is 1. The van der Waals surface area contributed by atoms with Gasteiger partial charge in [0.1, 0.15) is 11.8 Å². The lowest BCUT2D eigenvalue weighted by Gasteiger charge is -2.16. The normalized spacial score (nSPS) is 13.5. The van der Waals surface area contributed by atoms with Crippen LogP contribution in [0.4, 0.5) is 0 Å². The molecule has 1 aromatic heterocycles. The van der Waals surface area contributed by atoms with Gasteiger partial charge in [-0.2, -0.15) is 5.10 Å². The number of carbonyl (C=O) groups is 1. The Morgan fingerprint density at radius 2 is 1.95 bits per heavy atom. The van der Waals surface area contributed by atoms with E-state index in [1.165, 1.54) is 0 Å². The van der Waals surface area contributed by atoms with Crippen molar-refractivity contribution in [3.63, 3.8) is 0 Å². The average Bonchev–Trinajstić information content (AvgIpc) is 3.03. The van der Waals surface area contributed by atoms with Crippen molar-refractivity contribution >= 4 is 5.91 Å². The van der Waals surface area contributed by atoms with Crippen LogP contribution in [0.3, 0.4) is 0 Å². The second-order valence-corrected chi connectivity index (χ2v) is 5.43. The topological polar surface area (TPSA) is 56.2 Å². The highest BCUT2D eigenvalue weighted by atomic mass is 16.5. The Bertz CT molecular complexity index is 619. The van der Waals surface area contributed by atoms with E-state index in [9.17, 15) is 4.79 Å². The van der Waals surface area contributed by atoms with Gasteiger partial charge in [0, 0.05) is 17.8 Å². The molecule has 22 heavy (non-hydrogen) atoms. The van der Waals surface area contributed by atoms with Gasteiger partial charge in [0.15, 0.2) is 0 Å². The molecule has 0 radical (unpaired) electrons. The van der Waals surface area contributed by atoms with E-state index in [1.807, 2.05) is 51.2 Å². The van der Waals surface area contributed by atoms with Crippen LogP contribution in [0.25, 0.3) is 11.1 Å². The van der Waals surface area contributed by atoms with E-state index in [2.05, 4.69) is 10.4 Å². The summed E-state index contributed by atoms with van der Waals surface area (Å²) in [6.07, 6.45) is 4.58. The van der Waals surface area contributed by atoms with Gasteiger partial charge in [0.25, 0.3) is 0 Å². The lowest BCUT2D eigenvalue weighted by atomic mass is 10.1. The third-order valence-corrected chi connectivity index (χ3v) is 3.80. The molecule has 0 aliphatic carbocycles. The van der Waals surface area contributed by atoms with Crippen LogP contribution in [0.5, 0.6) is 5.75 Å². The molecule has 0 fully saturated rings. The zero-order chi connectivity index (χ0) is 16.1. The molecule has 2 aromatic rings. The molecule has 0 spiro atoms. The molecule has 5 nitrogen and oxygen atoms in total. The van der Waals surface area contributed by atoms with E-state index < -0.39 is 0 Å². The van der Waals surface area contributed by atoms with Crippen LogP contribution in [-0.4, -0.2) is 28.8 Å². The van der Waals surface area contributed by atoms with Crippen LogP contribution >= 0.6 is 0 Å². The first-order chi connectivity index (χ1) is 10.5. The highest BCUT2D eigenvalue weighted by Gasteiger charge is 2.17. The third kappa shape index (κ3) is 3.67. The fourth-order valence-corrected chi connectivity index (χ4v) is 2.07. The first-order valence-electron chi connectivity index (χ1n) is 7.54. The minimum absolute atomic E-state index is 0.0151. The van der Waals surface area contributed by atoms with Crippen LogP contribution in [0, 0.1) is 0 Å². The second kappa shape index (κ2) is 7.11. The Morgan fingerprint density at radius 1 is 1.27 bits per heavy atom. The number of nitrogens with zero attached hydrogens (tertiary/aromatic N) is 2. The van der Waals surface area contributed by atoms with Crippen molar-refractivity contribution in [3.05, 3.63) is 36.7 Å². The lowest BCUT2D eigenvalue weighted by Crippen LogP contribution is -2.37. The molecule has 0 unspecified atom stereocenters. The fraction of sp³-hybridized carbons (Fsp3) is 0.412. The molecule has 0 aliphatic heterocycles. The van der Waals surface area contributed by atoms with Gasteiger partial charge in [-0.3, -0.25) is 9.48 Å². The van der Waals surface area contributed by atoms with Crippen molar-refractivity contribution in [2.75, 3.05) is 7.11 Å². The number of carbonyl (C=O) groups excluding carboxylic acids is 1. The number of ether oxygens (including phenoxy) is 1. The van der Waals surface area contributed by atoms with Crippen LogP contribution in [0.15, 0.2) is 36.7 Å². The number of hydrogen-bond donors (Lipinski definition) is 1. The summed E-state index contributed by atoms with van der Waals surface area (Å²) < 4.78 is 6.85. The Kier molecular flexibility index (Phi) is 5.20. The number of methoxy groups -OCH3 is 1. The predicted octanol–water partition coefficient (Wildman–Crippen LogP) is 3.03. The Labute approximate surface area is 131 Å². The number of hydrogen-bond acceptors (Lipinski definition) is 3. The first-order valence-corrected chi connectivity index (χ1v) is 7.54. The molecular weight excluding hydrogens is 278 g/mol. The molecule has 2 rings (SSSR count). The number of amides is 1. The number of aromatic nitrogens is 2. The standard InChI is InChI=1S/C17H23N3O2/c1-5-12(2)19-17(21)13(3)20-11-15(10-18-20)14-6-8-16(22-4)9-7-14/h6-13H,5H2,1-4H3,(H,19,21)/t12-,13-/m0/s1. The molecule has 2 atom stereocenters. The molecule has 118 valence electrons. The van der Waals surface area contributed by atoms with E-state index in [4.69, 9.17) is 4.74 Å². The lowest BCUT2D eigenvalue weighted by molar-refractivity contribution is -0.124. The van der Waals surface area contributed by atoms with Crippen LogP contribution in [0.1, 0.15) is 33.2 Å². The van der Waals surface area contributed by atoms with E-state index in [-0.39, 0.29) is 18.0 Å². The second-order valence-electron chi connectivity index (χ2n) is 5.43. The fourth-order valence-electron chi connectivity index (χ4n) is 2.07. The maximum Gasteiger partial charge on any atom is 0.244 e. The van der Waals surface area contributed by atoms with E-state index in [1.54, 1.807) is 18.0 Å². The highest BCUT2D eigenvalue weighted by molar-refractivity contribution is 5.80. The van der Waals surface area contributed by atoms with Gasteiger partial charge < -0.3 is 10.1 Å². The van der Waals surface area contributed by atoms with Crippen molar-refractivity contribution in [1.29, 1.82) is 0 Å². The van der Waals surface area contributed by atoms with Crippen LogP contribution < -0.4 is 10.1 Å². The number of nitrogens with one attached hydrogen (secondary N) is 1. The van der Waals surface area contributed by atoms with E-state index >= 15 is 0 Å². The van der Waals surface area contributed by atoms with Crippen molar-refractivity contribution in [2.45, 2.75) is 39.3 Å². The highest BCUT2D eigenvalue weighted by Crippen LogP contribution is 2.22. The minimum atomic E-state index is -0.332. The quantitative estimate of drug-likeness (QED) is 0.892. The molecule has 1 heterocycles. The molecule has 5 heteroatoms. The molecule has 0 aliphatic rings. The molecule has 1 amide bonds. The first kappa shape index (κ1) is 16.1. The molecule has 0 bridgehead atoms. The summed E-state index contributed by atoms with van der Waals surface area (Å²) in [5, 5.41) is 7.29. The van der Waals surface area contributed by atoms with Crippen LogP contribution in [0.2, 0.25) is 0 Å². The minimum Gasteiger partial charge on any atom is -0.497 e. The Morgan fingerprint density at radius 3 is 2.55 bits per heavy atom. The van der Waals surface area contributed by atoms with Crippen molar-refractivity contribution in [2.24, 2.45) is 0 Å². The van der Waals surface area contributed by atoms with Crippen molar-refractivity contribution in [3.8, 4) is 16.9 Å². The van der Waals surface area contributed by atoms with E-state index in [0.29, 0.717) is 0 Å². The van der Waals surface area contributed by atoms with Crippen LogP contribution in [-0.2, 0) is 4.79 Å². The van der Waals surface area contributed by atoms with Crippen molar-refractivity contribution in [1.82, 2.24) is 15.1 Å². The zero-order valence-corrected chi connectivity index (χ0v) is 13.5. The van der Waals surface area contributed by atoms with Gasteiger partial charge in [0.2, 0.25) is 5.91 Å². The summed E-state index contributed by atoms with van der Waals surface area (Å²) in [5.41, 5.74) is 2.02. The van der Waals surface area contributed by atoms with Gasteiger partial charge in [-0.05, 0) is 38.0 Å². The summed E-state index contributed by atoms with van der Waals surface area (Å²) in [6, 6.07) is 7.61. The zero-order valence-electron chi connectivity index (χ0n) is 13.5. The van der Waals surface area contributed by atoms with Gasteiger partial charge in [0.05, 0.1) is 13.3 Å². The molecule has 1 aromatic carbocycles. The summed E-state index contributed by atoms with van der Waals surface area (Å²) in [7, 11) is 1.64. The smallest absolute Gasteiger partial charge is 0.244 e. The van der Waals surface area contributed by atoms with Gasteiger partial charge in [-0.25, -0.2) is 0 Å². The summed E-state index contributed by atoms with van der Waals surface area (Å²) in [5.74, 6) is 0.802. The molecule has 0 saturated heterocycles. The maximum absolute atomic E-state index is 12.2. The van der Waals surface area contributed by atoms with Gasteiger partial charge in [-0.1, -0.05) is 19.1 Å². The monoisotopic (exact) mass is 301 g/mol. The molecular formula is C17H23N3O2. The van der Waals surface area contributed by atoms with E-state index in [0.717, 1.165) is 23.3 Å². The Hall–Kier alpha value is -2.30. The predicted molar refractivity (Wildman–Crippen MR) is 86.8 cm³/mol. The summed E-state index contributed by atoms with van der Waals surface area (Å²) >= 11 is 0. The SMILES string of the molecule is CC[C@H](C)NC(=O)[C@H](C)n1cc(-c2ccc(OC)cc2)cn1. The largest absolute Gasteiger partial charge is 0.497 e. The summed E-state index contributed by atoms with van der Waals surface area (Å²) in [4.78, 5) is 12.2. The van der Waals surface area contributed by atoms with Gasteiger partial charge >= 0.3 is 0 Å². The Balaban J connectivity index is 2.11.